The van der Waals surface area contributed by atoms with Crippen molar-refractivity contribution in [1.29, 1.82) is 0 Å². The molecule has 0 bridgehead atoms. The first-order valence-electron chi connectivity index (χ1n) is 8.95. The molecule has 0 N–H and O–H groups in total. The summed E-state index contributed by atoms with van der Waals surface area (Å²) in [6.45, 7) is 8.56. The normalized spacial score (nSPS) is 12.6. The van der Waals surface area contributed by atoms with Crippen LogP contribution in [0.3, 0.4) is 0 Å². The molecular weight excluding hydrogens is 376 g/mol. The number of hydrogen-bond acceptors (Lipinski definition) is 7. The molecule has 0 aliphatic carbocycles. The number of carbonyl (C=O) groups is 2. The molecule has 0 heterocycles. The van der Waals surface area contributed by atoms with Crippen molar-refractivity contribution in [3.05, 3.63) is 53.6 Å². The van der Waals surface area contributed by atoms with Gasteiger partial charge in [0, 0.05) is 11.1 Å². The van der Waals surface area contributed by atoms with Crippen molar-refractivity contribution in [2.24, 2.45) is 0 Å². The molecule has 0 aliphatic rings. The molecule has 1 aromatic rings. The Labute approximate surface area is 171 Å². The van der Waals surface area contributed by atoms with E-state index < -0.39 is 18.0 Å². The lowest BCUT2D eigenvalue weighted by atomic mass is 10.1. The maximum atomic E-state index is 12.6. The molecule has 1 unspecified atom stereocenters. The highest BCUT2D eigenvalue weighted by Crippen LogP contribution is 2.40. The van der Waals surface area contributed by atoms with Crippen LogP contribution in [0.5, 0.6) is 17.2 Å². The fourth-order valence-electron chi connectivity index (χ4n) is 2.34. The van der Waals surface area contributed by atoms with Gasteiger partial charge in [-0.15, -0.1) is 0 Å². The third kappa shape index (κ3) is 6.14. The van der Waals surface area contributed by atoms with Crippen LogP contribution in [0, 0.1) is 0 Å². The standard InChI is InChI=1S/C22H28O7/c1-8-14(4)21(23)28-13-15(9-2)22(24)29-17(10-3)16-11-18(25-5)20(27-7)19(12-16)26-6/h8-12,17H,3,13H2,1-2,4-7H3. The minimum absolute atomic E-state index is 0.196. The fraction of sp³-hybridized carbons (Fsp3) is 0.364. The van der Waals surface area contributed by atoms with Gasteiger partial charge in [0.2, 0.25) is 5.75 Å². The van der Waals surface area contributed by atoms with Crippen LogP contribution in [0.25, 0.3) is 0 Å². The van der Waals surface area contributed by atoms with Gasteiger partial charge in [-0.2, -0.15) is 0 Å². The molecule has 0 saturated carbocycles. The molecule has 1 rings (SSSR count). The van der Waals surface area contributed by atoms with Gasteiger partial charge in [-0.25, -0.2) is 9.59 Å². The smallest absolute Gasteiger partial charge is 0.338 e. The minimum Gasteiger partial charge on any atom is -0.493 e. The second kappa shape index (κ2) is 11.6. The lowest BCUT2D eigenvalue weighted by Crippen LogP contribution is -2.18. The second-order valence-electron chi connectivity index (χ2n) is 5.88. The zero-order chi connectivity index (χ0) is 22.0. The molecule has 0 spiro atoms. The minimum atomic E-state index is -0.779. The van der Waals surface area contributed by atoms with Crippen molar-refractivity contribution < 1.29 is 33.3 Å². The first-order valence-corrected chi connectivity index (χ1v) is 8.95. The average Bonchev–Trinajstić information content (AvgIpc) is 2.75. The zero-order valence-corrected chi connectivity index (χ0v) is 17.7. The Morgan fingerprint density at radius 1 is 1.00 bits per heavy atom. The van der Waals surface area contributed by atoms with E-state index in [1.54, 1.807) is 39.0 Å². The first-order chi connectivity index (χ1) is 13.9. The summed E-state index contributed by atoms with van der Waals surface area (Å²) in [6, 6.07) is 3.34. The van der Waals surface area contributed by atoms with Gasteiger partial charge >= 0.3 is 11.9 Å². The fourth-order valence-corrected chi connectivity index (χ4v) is 2.34. The summed E-state index contributed by atoms with van der Waals surface area (Å²) in [5, 5.41) is 0. The van der Waals surface area contributed by atoms with E-state index in [0.29, 0.717) is 28.4 Å². The zero-order valence-electron chi connectivity index (χ0n) is 17.7. The monoisotopic (exact) mass is 404 g/mol. The van der Waals surface area contributed by atoms with E-state index in [1.165, 1.54) is 33.5 Å². The van der Waals surface area contributed by atoms with Gasteiger partial charge in [0.05, 0.1) is 26.9 Å². The molecule has 0 saturated heterocycles. The third-order valence-corrected chi connectivity index (χ3v) is 4.19. The number of methoxy groups -OCH3 is 3. The van der Waals surface area contributed by atoms with E-state index >= 15 is 0 Å². The molecule has 7 heteroatoms. The summed E-state index contributed by atoms with van der Waals surface area (Å²) in [7, 11) is 4.49. The van der Waals surface area contributed by atoms with Crippen molar-refractivity contribution in [2.75, 3.05) is 27.9 Å². The van der Waals surface area contributed by atoms with E-state index in [4.69, 9.17) is 23.7 Å². The largest absolute Gasteiger partial charge is 0.493 e. The molecular formula is C22H28O7. The molecule has 0 amide bonds. The van der Waals surface area contributed by atoms with Gasteiger partial charge in [-0.1, -0.05) is 18.7 Å². The summed E-state index contributed by atoms with van der Waals surface area (Å²) in [6.07, 6.45) is 3.87. The quantitative estimate of drug-likeness (QED) is 0.332. The molecule has 1 aromatic carbocycles. The highest BCUT2D eigenvalue weighted by atomic mass is 16.6. The van der Waals surface area contributed by atoms with Crippen LogP contribution < -0.4 is 14.2 Å². The van der Waals surface area contributed by atoms with Crippen molar-refractivity contribution in [2.45, 2.75) is 26.9 Å². The Hall–Kier alpha value is -3.22. The van der Waals surface area contributed by atoms with E-state index in [1.807, 2.05) is 0 Å². The number of hydrogen-bond donors (Lipinski definition) is 0. The topological polar surface area (TPSA) is 80.3 Å². The number of allylic oxidation sites excluding steroid dienone is 2. The van der Waals surface area contributed by atoms with Gasteiger partial charge in [0.15, 0.2) is 11.5 Å². The first kappa shape index (κ1) is 23.8. The van der Waals surface area contributed by atoms with Crippen molar-refractivity contribution in [1.82, 2.24) is 0 Å². The molecule has 0 aliphatic heterocycles. The Morgan fingerprint density at radius 2 is 1.59 bits per heavy atom. The molecule has 29 heavy (non-hydrogen) atoms. The lowest BCUT2D eigenvalue weighted by molar-refractivity contribution is -0.144. The molecule has 158 valence electrons. The Kier molecular flexibility index (Phi) is 9.51. The van der Waals surface area contributed by atoms with Crippen molar-refractivity contribution in [3.63, 3.8) is 0 Å². The summed E-state index contributed by atoms with van der Waals surface area (Å²) in [5.74, 6) is 0.147. The molecule has 1 atom stereocenters. The SMILES string of the molecule is C=CC(OC(=O)C(=CC)COC(=O)C(C)=CC)c1cc(OC)c(OC)c(OC)c1. The Bertz CT molecular complexity index is 780. The van der Waals surface area contributed by atoms with Crippen LogP contribution in [0.4, 0.5) is 0 Å². The van der Waals surface area contributed by atoms with Gasteiger partial charge in [-0.3, -0.25) is 0 Å². The second-order valence-corrected chi connectivity index (χ2v) is 5.88. The summed E-state index contributed by atoms with van der Waals surface area (Å²) < 4.78 is 26.6. The lowest BCUT2D eigenvalue weighted by Gasteiger charge is -2.19. The highest BCUT2D eigenvalue weighted by molar-refractivity contribution is 5.91. The number of rotatable bonds is 10. The van der Waals surface area contributed by atoms with Crippen LogP contribution in [-0.2, 0) is 19.1 Å². The van der Waals surface area contributed by atoms with E-state index in [0.717, 1.165) is 0 Å². The Morgan fingerprint density at radius 3 is 2.00 bits per heavy atom. The van der Waals surface area contributed by atoms with Gasteiger partial charge in [0.1, 0.15) is 12.7 Å². The van der Waals surface area contributed by atoms with Gasteiger partial charge in [0.25, 0.3) is 0 Å². The third-order valence-electron chi connectivity index (χ3n) is 4.19. The molecule has 0 fully saturated rings. The van der Waals surface area contributed by atoms with E-state index in [-0.39, 0.29) is 12.2 Å². The van der Waals surface area contributed by atoms with Gasteiger partial charge in [-0.05, 0) is 39.0 Å². The van der Waals surface area contributed by atoms with E-state index in [2.05, 4.69) is 6.58 Å². The van der Waals surface area contributed by atoms with Crippen molar-refractivity contribution >= 4 is 11.9 Å². The van der Waals surface area contributed by atoms with Crippen LogP contribution in [0.1, 0.15) is 32.4 Å². The Balaban J connectivity index is 3.03. The van der Waals surface area contributed by atoms with Crippen molar-refractivity contribution in [3.8, 4) is 17.2 Å². The number of esters is 2. The molecule has 0 radical (unpaired) electrons. The highest BCUT2D eigenvalue weighted by Gasteiger charge is 2.22. The average molecular weight is 404 g/mol. The van der Waals surface area contributed by atoms with Crippen LogP contribution in [0.2, 0.25) is 0 Å². The number of benzene rings is 1. The van der Waals surface area contributed by atoms with Crippen LogP contribution in [-0.4, -0.2) is 39.9 Å². The molecule has 7 nitrogen and oxygen atoms in total. The van der Waals surface area contributed by atoms with Crippen LogP contribution in [0.15, 0.2) is 48.1 Å². The summed E-state index contributed by atoms with van der Waals surface area (Å²) >= 11 is 0. The predicted octanol–water partition coefficient (Wildman–Crippen LogP) is 3.94. The molecule has 0 aromatic heterocycles. The van der Waals surface area contributed by atoms with Crippen LogP contribution >= 0.6 is 0 Å². The summed E-state index contributed by atoms with van der Waals surface area (Å²) in [4.78, 5) is 24.4. The predicted molar refractivity (Wildman–Crippen MR) is 109 cm³/mol. The number of ether oxygens (including phenoxy) is 5. The maximum Gasteiger partial charge on any atom is 0.338 e. The van der Waals surface area contributed by atoms with Gasteiger partial charge < -0.3 is 23.7 Å². The maximum absolute atomic E-state index is 12.6. The number of carbonyl (C=O) groups excluding carboxylic acids is 2. The summed E-state index contributed by atoms with van der Waals surface area (Å²) in [5.41, 5.74) is 1.25. The van der Waals surface area contributed by atoms with E-state index in [9.17, 15) is 9.59 Å².